The molecule has 4 aromatic rings. The third-order valence-corrected chi connectivity index (χ3v) is 7.11. The monoisotopic (exact) mass is 484 g/mol. The molecular formula is C27H24N4O3S. The molecule has 0 unspecified atom stereocenters. The number of para-hydroxylation sites is 1. The molecule has 0 saturated carbocycles. The molecule has 8 heteroatoms. The minimum Gasteiger partial charge on any atom is -0.350 e. The minimum atomic E-state index is -0.429. The van der Waals surface area contributed by atoms with Gasteiger partial charge in [-0.05, 0) is 19.1 Å². The van der Waals surface area contributed by atoms with E-state index in [9.17, 15) is 14.4 Å². The molecule has 1 atom stereocenters. The van der Waals surface area contributed by atoms with E-state index in [0.717, 1.165) is 16.0 Å². The molecule has 1 aliphatic rings. The molecule has 2 aromatic heterocycles. The van der Waals surface area contributed by atoms with Gasteiger partial charge in [-0.2, -0.15) is 0 Å². The number of likely N-dealkylation sites (tertiary alicyclic amines) is 1. The van der Waals surface area contributed by atoms with Gasteiger partial charge in [0.15, 0.2) is 0 Å². The summed E-state index contributed by atoms with van der Waals surface area (Å²) in [6.07, 6.45) is 2.17. The highest BCUT2D eigenvalue weighted by Gasteiger charge is 2.34. The molecule has 0 bridgehead atoms. The van der Waals surface area contributed by atoms with Crippen molar-refractivity contribution < 1.29 is 14.4 Å². The predicted molar refractivity (Wildman–Crippen MR) is 135 cm³/mol. The number of benzene rings is 2. The van der Waals surface area contributed by atoms with Crippen molar-refractivity contribution in [3.63, 3.8) is 0 Å². The van der Waals surface area contributed by atoms with Gasteiger partial charge in [-0.3, -0.25) is 19.4 Å². The maximum atomic E-state index is 13.7. The summed E-state index contributed by atoms with van der Waals surface area (Å²) < 4.78 is 0. The fraction of sp³-hybridized carbons (Fsp3) is 0.222. The summed E-state index contributed by atoms with van der Waals surface area (Å²) in [4.78, 5) is 50.2. The molecule has 2 aromatic carbocycles. The van der Waals surface area contributed by atoms with E-state index in [2.05, 4.69) is 15.3 Å². The molecule has 3 heterocycles. The zero-order valence-electron chi connectivity index (χ0n) is 19.2. The Kier molecular flexibility index (Phi) is 6.37. The van der Waals surface area contributed by atoms with E-state index in [-0.39, 0.29) is 30.6 Å². The van der Waals surface area contributed by atoms with E-state index >= 15 is 0 Å². The number of hydrogen-bond donors (Lipinski definition) is 1. The van der Waals surface area contributed by atoms with Crippen LogP contribution in [0.4, 0.5) is 0 Å². The number of aromatic nitrogens is 2. The Labute approximate surface area is 206 Å². The van der Waals surface area contributed by atoms with E-state index in [1.54, 1.807) is 17.2 Å². The molecule has 7 nitrogen and oxygen atoms in total. The van der Waals surface area contributed by atoms with Crippen LogP contribution in [0.1, 0.15) is 37.9 Å². The molecule has 1 saturated heterocycles. The van der Waals surface area contributed by atoms with Gasteiger partial charge in [-0.15, -0.1) is 11.3 Å². The van der Waals surface area contributed by atoms with Gasteiger partial charge in [0.05, 0.1) is 27.8 Å². The standard InChI is InChI=1S/C27H24N4O3S/c1-17-30-24(19-7-3-2-4-8-19)25(35-17)27(34)31-14-12-21(32)15-20(31)16-29-26(33)22-11-5-9-18-10-6-13-28-23(18)22/h2-11,13,20H,12,14-16H2,1H3,(H,29,33)/t20-/m0/s1. The third-order valence-electron chi connectivity index (χ3n) is 6.15. The Bertz CT molecular complexity index is 1410. The van der Waals surface area contributed by atoms with Gasteiger partial charge < -0.3 is 10.2 Å². The number of nitrogens with one attached hydrogen (secondary N) is 1. The molecule has 2 amide bonds. The van der Waals surface area contributed by atoms with Gasteiger partial charge in [-0.1, -0.05) is 48.5 Å². The minimum absolute atomic E-state index is 0.0869. The number of Topliss-reactive ketones (excluding diaryl/α,β-unsaturated/α-hetero) is 1. The molecule has 176 valence electrons. The van der Waals surface area contributed by atoms with Crippen molar-refractivity contribution >= 4 is 39.8 Å². The number of piperidine rings is 1. The summed E-state index contributed by atoms with van der Waals surface area (Å²) in [5.41, 5.74) is 2.61. The second kappa shape index (κ2) is 9.76. The molecule has 1 aliphatic heterocycles. The molecule has 0 aliphatic carbocycles. The number of hydrogen-bond acceptors (Lipinski definition) is 6. The van der Waals surface area contributed by atoms with Gasteiger partial charge in [-0.25, -0.2) is 4.98 Å². The van der Waals surface area contributed by atoms with Crippen molar-refractivity contribution in [2.75, 3.05) is 13.1 Å². The molecule has 0 radical (unpaired) electrons. The third kappa shape index (κ3) is 4.70. The zero-order valence-corrected chi connectivity index (χ0v) is 20.0. The highest BCUT2D eigenvalue weighted by atomic mass is 32.1. The van der Waals surface area contributed by atoms with Crippen molar-refractivity contribution in [2.24, 2.45) is 0 Å². The summed E-state index contributed by atoms with van der Waals surface area (Å²) >= 11 is 1.35. The number of carbonyl (C=O) groups is 3. The molecular weight excluding hydrogens is 460 g/mol. The molecule has 5 rings (SSSR count). The molecule has 1 N–H and O–H groups in total. The lowest BCUT2D eigenvalue weighted by atomic mass is 9.99. The van der Waals surface area contributed by atoms with Crippen LogP contribution in [-0.4, -0.2) is 51.6 Å². The van der Waals surface area contributed by atoms with Crippen LogP contribution in [0.2, 0.25) is 0 Å². The predicted octanol–water partition coefficient (Wildman–Crippen LogP) is 4.27. The van der Waals surface area contributed by atoms with E-state index in [1.807, 2.05) is 61.5 Å². The zero-order chi connectivity index (χ0) is 24.4. The van der Waals surface area contributed by atoms with Gasteiger partial charge >= 0.3 is 0 Å². The Morgan fingerprint density at radius 1 is 1.09 bits per heavy atom. The van der Waals surface area contributed by atoms with Crippen LogP contribution in [-0.2, 0) is 4.79 Å². The number of pyridine rings is 1. The number of ketones is 1. The molecule has 1 fully saturated rings. The maximum Gasteiger partial charge on any atom is 0.266 e. The smallest absolute Gasteiger partial charge is 0.266 e. The van der Waals surface area contributed by atoms with Gasteiger partial charge in [0.25, 0.3) is 11.8 Å². The average Bonchev–Trinajstić information content (AvgIpc) is 3.28. The highest BCUT2D eigenvalue weighted by molar-refractivity contribution is 7.14. The van der Waals surface area contributed by atoms with Crippen molar-refractivity contribution in [3.8, 4) is 11.3 Å². The topological polar surface area (TPSA) is 92.3 Å². The maximum absolute atomic E-state index is 13.7. The van der Waals surface area contributed by atoms with E-state index in [0.29, 0.717) is 34.6 Å². The van der Waals surface area contributed by atoms with Crippen molar-refractivity contribution in [2.45, 2.75) is 25.8 Å². The van der Waals surface area contributed by atoms with Crippen LogP contribution in [0.15, 0.2) is 66.9 Å². The van der Waals surface area contributed by atoms with E-state index in [4.69, 9.17) is 0 Å². The Morgan fingerprint density at radius 3 is 2.71 bits per heavy atom. The largest absolute Gasteiger partial charge is 0.350 e. The van der Waals surface area contributed by atoms with Crippen LogP contribution in [0.3, 0.4) is 0 Å². The number of aryl methyl sites for hydroxylation is 1. The van der Waals surface area contributed by atoms with Gasteiger partial charge in [0, 0.05) is 43.1 Å². The van der Waals surface area contributed by atoms with Crippen LogP contribution >= 0.6 is 11.3 Å². The lowest BCUT2D eigenvalue weighted by Gasteiger charge is -2.35. The van der Waals surface area contributed by atoms with Crippen LogP contribution in [0, 0.1) is 6.92 Å². The number of thiazole rings is 1. The average molecular weight is 485 g/mol. The summed E-state index contributed by atoms with van der Waals surface area (Å²) in [5.74, 6) is -0.352. The first-order valence-electron chi connectivity index (χ1n) is 11.5. The number of amides is 2. The summed E-state index contributed by atoms with van der Waals surface area (Å²) in [7, 11) is 0. The first-order valence-corrected chi connectivity index (χ1v) is 12.3. The second-order valence-corrected chi connectivity index (χ2v) is 9.72. The van der Waals surface area contributed by atoms with Crippen molar-refractivity contribution in [3.05, 3.63) is 82.3 Å². The lowest BCUT2D eigenvalue weighted by Crippen LogP contribution is -2.51. The Balaban J connectivity index is 1.38. The molecule has 35 heavy (non-hydrogen) atoms. The summed E-state index contributed by atoms with van der Waals surface area (Å²) in [6.45, 7) is 2.38. The van der Waals surface area contributed by atoms with Crippen molar-refractivity contribution in [1.29, 1.82) is 0 Å². The number of fused-ring (bicyclic) bond motifs is 1. The summed E-state index contributed by atoms with van der Waals surface area (Å²) in [5, 5.41) is 4.61. The second-order valence-electron chi connectivity index (χ2n) is 8.51. The lowest BCUT2D eigenvalue weighted by molar-refractivity contribution is -0.122. The fourth-order valence-electron chi connectivity index (χ4n) is 4.44. The number of rotatable bonds is 5. The first-order chi connectivity index (χ1) is 17.0. The highest BCUT2D eigenvalue weighted by Crippen LogP contribution is 2.30. The van der Waals surface area contributed by atoms with Crippen LogP contribution in [0.5, 0.6) is 0 Å². The fourth-order valence-corrected chi connectivity index (χ4v) is 5.34. The number of carbonyl (C=O) groups excluding carboxylic acids is 3. The van der Waals surface area contributed by atoms with Gasteiger partial charge in [0.2, 0.25) is 0 Å². The quantitative estimate of drug-likeness (QED) is 0.457. The van der Waals surface area contributed by atoms with Gasteiger partial charge in [0.1, 0.15) is 10.7 Å². The van der Waals surface area contributed by atoms with Crippen LogP contribution < -0.4 is 5.32 Å². The Hall–Kier alpha value is -3.91. The molecule has 0 spiro atoms. The first kappa shape index (κ1) is 22.9. The number of nitrogens with zero attached hydrogens (tertiary/aromatic N) is 3. The van der Waals surface area contributed by atoms with Crippen molar-refractivity contribution in [1.82, 2.24) is 20.2 Å². The Morgan fingerprint density at radius 2 is 1.89 bits per heavy atom. The SMILES string of the molecule is Cc1nc(-c2ccccc2)c(C(=O)N2CCC(=O)C[C@H]2CNC(=O)c2cccc3cccnc23)s1. The normalized spacial score (nSPS) is 15.9. The summed E-state index contributed by atoms with van der Waals surface area (Å²) in [6, 6.07) is 18.4. The van der Waals surface area contributed by atoms with Crippen LogP contribution in [0.25, 0.3) is 22.2 Å². The van der Waals surface area contributed by atoms with E-state index in [1.165, 1.54) is 11.3 Å². The van der Waals surface area contributed by atoms with E-state index < -0.39 is 6.04 Å².